The zero-order valence-corrected chi connectivity index (χ0v) is 18.2. The van der Waals surface area contributed by atoms with Crippen molar-refractivity contribution in [3.8, 4) is 0 Å². The topological polar surface area (TPSA) is 83.6 Å². The van der Waals surface area contributed by atoms with Crippen molar-refractivity contribution >= 4 is 46.7 Å². The molecular formula is C20H26IN5O2. The van der Waals surface area contributed by atoms with E-state index in [4.69, 9.17) is 4.42 Å². The molecule has 7 nitrogen and oxygen atoms in total. The number of rotatable bonds is 8. The van der Waals surface area contributed by atoms with Crippen molar-refractivity contribution in [2.45, 2.75) is 19.5 Å². The molecule has 1 aromatic carbocycles. The molecule has 0 aliphatic heterocycles. The SMILES string of the molecule is CN=C(NCCCn1ccc2ccccc21)NCC(=O)NCc1ccco1.I. The smallest absolute Gasteiger partial charge is 0.239 e. The number of para-hydroxylation sites is 1. The number of hydrogen-bond donors (Lipinski definition) is 3. The number of carbonyl (C=O) groups is 1. The van der Waals surface area contributed by atoms with Gasteiger partial charge in [0.15, 0.2) is 5.96 Å². The second kappa shape index (κ2) is 11.4. The molecule has 0 saturated heterocycles. The highest BCUT2D eigenvalue weighted by atomic mass is 127. The molecule has 1 amide bonds. The van der Waals surface area contributed by atoms with Crippen molar-refractivity contribution in [1.29, 1.82) is 0 Å². The number of guanidine groups is 1. The molecule has 0 aliphatic carbocycles. The van der Waals surface area contributed by atoms with Gasteiger partial charge in [0, 0.05) is 31.9 Å². The maximum absolute atomic E-state index is 11.9. The molecule has 0 radical (unpaired) electrons. The minimum atomic E-state index is -0.117. The molecule has 3 rings (SSSR count). The Labute approximate surface area is 181 Å². The molecule has 0 spiro atoms. The molecule has 0 aliphatic rings. The van der Waals surface area contributed by atoms with E-state index in [2.05, 4.69) is 62.0 Å². The molecule has 2 aromatic heterocycles. The predicted octanol–water partition coefficient (Wildman–Crippen LogP) is 2.72. The van der Waals surface area contributed by atoms with Crippen LogP contribution in [0.2, 0.25) is 0 Å². The van der Waals surface area contributed by atoms with Gasteiger partial charge >= 0.3 is 0 Å². The number of halogens is 1. The fourth-order valence-corrected chi connectivity index (χ4v) is 2.84. The van der Waals surface area contributed by atoms with Gasteiger partial charge in [-0.1, -0.05) is 18.2 Å². The molecule has 3 aromatic rings. The third kappa shape index (κ3) is 6.29. The van der Waals surface area contributed by atoms with Crippen molar-refractivity contribution < 1.29 is 9.21 Å². The largest absolute Gasteiger partial charge is 0.467 e. The lowest BCUT2D eigenvalue weighted by atomic mass is 10.2. The number of aryl methyl sites for hydroxylation is 1. The van der Waals surface area contributed by atoms with Crippen LogP contribution in [0.25, 0.3) is 10.9 Å². The highest BCUT2D eigenvalue weighted by molar-refractivity contribution is 14.0. The average molecular weight is 495 g/mol. The van der Waals surface area contributed by atoms with Gasteiger partial charge in [-0.3, -0.25) is 9.79 Å². The molecule has 0 fully saturated rings. The second-order valence-electron chi connectivity index (χ2n) is 6.13. The summed E-state index contributed by atoms with van der Waals surface area (Å²) in [7, 11) is 1.69. The van der Waals surface area contributed by atoms with E-state index in [9.17, 15) is 4.79 Å². The van der Waals surface area contributed by atoms with Crippen LogP contribution in [0.4, 0.5) is 0 Å². The number of amides is 1. The summed E-state index contributed by atoms with van der Waals surface area (Å²) in [5.41, 5.74) is 1.24. The Bertz CT molecular complexity index is 889. The van der Waals surface area contributed by atoms with Gasteiger partial charge < -0.3 is 24.9 Å². The van der Waals surface area contributed by atoms with Gasteiger partial charge in [0.1, 0.15) is 5.76 Å². The number of benzene rings is 1. The number of aromatic nitrogens is 1. The number of aliphatic imine (C=N–C) groups is 1. The summed E-state index contributed by atoms with van der Waals surface area (Å²) in [5, 5.41) is 10.3. The Hall–Kier alpha value is -2.49. The van der Waals surface area contributed by atoms with E-state index in [1.165, 1.54) is 10.9 Å². The Morgan fingerprint density at radius 2 is 1.96 bits per heavy atom. The number of nitrogens with zero attached hydrogens (tertiary/aromatic N) is 2. The third-order valence-corrected chi connectivity index (χ3v) is 4.23. The van der Waals surface area contributed by atoms with E-state index in [0.717, 1.165) is 25.3 Å². The monoisotopic (exact) mass is 495 g/mol. The average Bonchev–Trinajstić information content (AvgIpc) is 3.36. The van der Waals surface area contributed by atoms with Gasteiger partial charge in [0.2, 0.25) is 5.91 Å². The van der Waals surface area contributed by atoms with Crippen LogP contribution in [-0.2, 0) is 17.9 Å². The number of hydrogen-bond acceptors (Lipinski definition) is 3. The number of fused-ring (bicyclic) bond motifs is 1. The summed E-state index contributed by atoms with van der Waals surface area (Å²) in [6, 6.07) is 14.1. The quantitative estimate of drug-likeness (QED) is 0.194. The van der Waals surface area contributed by atoms with Gasteiger partial charge in [-0.2, -0.15) is 0 Å². The lowest BCUT2D eigenvalue weighted by molar-refractivity contribution is -0.120. The number of nitrogens with one attached hydrogen (secondary N) is 3. The Balaban J connectivity index is 0.00000280. The molecule has 28 heavy (non-hydrogen) atoms. The molecule has 8 heteroatoms. The minimum absolute atomic E-state index is 0. The van der Waals surface area contributed by atoms with Crippen LogP contribution in [0.1, 0.15) is 12.2 Å². The Kier molecular flexibility index (Phi) is 8.86. The van der Waals surface area contributed by atoms with Gasteiger partial charge in [0.25, 0.3) is 0 Å². The van der Waals surface area contributed by atoms with E-state index in [-0.39, 0.29) is 36.4 Å². The first-order chi connectivity index (χ1) is 13.3. The van der Waals surface area contributed by atoms with Crippen molar-refractivity contribution in [2.24, 2.45) is 4.99 Å². The van der Waals surface area contributed by atoms with Crippen LogP contribution in [0, 0.1) is 0 Å². The van der Waals surface area contributed by atoms with Crippen molar-refractivity contribution in [2.75, 3.05) is 20.1 Å². The zero-order chi connectivity index (χ0) is 18.9. The van der Waals surface area contributed by atoms with Crippen molar-refractivity contribution in [3.63, 3.8) is 0 Å². The first kappa shape index (κ1) is 21.8. The maximum atomic E-state index is 11.9. The number of furan rings is 1. The van der Waals surface area contributed by atoms with Gasteiger partial charge in [-0.15, -0.1) is 24.0 Å². The van der Waals surface area contributed by atoms with Gasteiger partial charge in [0.05, 0.1) is 19.4 Å². The molecule has 150 valence electrons. The molecule has 0 unspecified atom stereocenters. The number of carbonyl (C=O) groups excluding carboxylic acids is 1. The first-order valence-electron chi connectivity index (χ1n) is 9.04. The first-order valence-corrected chi connectivity index (χ1v) is 9.04. The zero-order valence-electron chi connectivity index (χ0n) is 15.9. The second-order valence-corrected chi connectivity index (χ2v) is 6.13. The van der Waals surface area contributed by atoms with Crippen molar-refractivity contribution in [3.05, 3.63) is 60.7 Å². The van der Waals surface area contributed by atoms with Crippen LogP contribution in [0.15, 0.2) is 64.3 Å². The van der Waals surface area contributed by atoms with Crippen LogP contribution >= 0.6 is 24.0 Å². The summed E-state index contributed by atoms with van der Waals surface area (Å²) in [4.78, 5) is 16.0. The van der Waals surface area contributed by atoms with Crippen LogP contribution in [-0.4, -0.2) is 36.6 Å². The Morgan fingerprint density at radius 1 is 1.11 bits per heavy atom. The standard InChI is InChI=1S/C20H25N5O2.HI/c1-21-20(24-15-19(26)23-14-17-7-4-13-27-17)22-10-5-11-25-12-9-16-6-2-3-8-18(16)25;/h2-4,6-9,12-13H,5,10-11,14-15H2,1H3,(H,23,26)(H2,21,22,24);1H. The summed E-state index contributed by atoms with van der Waals surface area (Å²) < 4.78 is 7.43. The van der Waals surface area contributed by atoms with E-state index in [1.54, 1.807) is 19.4 Å². The fraction of sp³-hybridized carbons (Fsp3) is 0.300. The van der Waals surface area contributed by atoms with E-state index in [0.29, 0.717) is 12.5 Å². The van der Waals surface area contributed by atoms with E-state index >= 15 is 0 Å². The summed E-state index contributed by atoms with van der Waals surface area (Å²) in [5.74, 6) is 1.22. The highest BCUT2D eigenvalue weighted by Gasteiger charge is 2.05. The molecule has 3 N–H and O–H groups in total. The van der Waals surface area contributed by atoms with Crippen LogP contribution in [0.5, 0.6) is 0 Å². The lowest BCUT2D eigenvalue weighted by Gasteiger charge is -2.12. The highest BCUT2D eigenvalue weighted by Crippen LogP contribution is 2.15. The Morgan fingerprint density at radius 3 is 2.75 bits per heavy atom. The van der Waals surface area contributed by atoms with E-state index < -0.39 is 0 Å². The molecule has 0 saturated carbocycles. The van der Waals surface area contributed by atoms with Gasteiger partial charge in [-0.25, -0.2) is 0 Å². The fourth-order valence-electron chi connectivity index (χ4n) is 2.84. The van der Waals surface area contributed by atoms with Crippen LogP contribution in [0.3, 0.4) is 0 Å². The van der Waals surface area contributed by atoms with E-state index in [1.807, 2.05) is 6.07 Å². The minimum Gasteiger partial charge on any atom is -0.467 e. The summed E-state index contributed by atoms with van der Waals surface area (Å²) in [6.45, 7) is 2.22. The molecule has 0 bridgehead atoms. The molecule has 2 heterocycles. The normalized spacial score (nSPS) is 11.1. The van der Waals surface area contributed by atoms with Crippen LogP contribution < -0.4 is 16.0 Å². The predicted molar refractivity (Wildman–Crippen MR) is 122 cm³/mol. The molecule has 0 atom stereocenters. The van der Waals surface area contributed by atoms with Crippen molar-refractivity contribution in [1.82, 2.24) is 20.5 Å². The lowest BCUT2D eigenvalue weighted by Crippen LogP contribution is -2.43. The molecular weight excluding hydrogens is 469 g/mol. The summed E-state index contributed by atoms with van der Waals surface area (Å²) in [6.07, 6.45) is 4.65. The summed E-state index contributed by atoms with van der Waals surface area (Å²) >= 11 is 0. The third-order valence-electron chi connectivity index (χ3n) is 4.23. The maximum Gasteiger partial charge on any atom is 0.239 e. The van der Waals surface area contributed by atoms with Gasteiger partial charge in [-0.05, 0) is 36.1 Å².